The highest BCUT2D eigenvalue weighted by Gasteiger charge is 2.21. The molecule has 1 aromatic heterocycles. The predicted molar refractivity (Wildman–Crippen MR) is 77.5 cm³/mol. The van der Waals surface area contributed by atoms with E-state index >= 15 is 0 Å². The van der Waals surface area contributed by atoms with Gasteiger partial charge in [-0.25, -0.2) is 13.1 Å². The topological polar surface area (TPSA) is 58.2 Å². The molecule has 2 N–H and O–H groups in total. The molecule has 4 nitrogen and oxygen atoms in total. The quantitative estimate of drug-likeness (QED) is 0.889. The van der Waals surface area contributed by atoms with Gasteiger partial charge in [-0.05, 0) is 37.9 Å². The fourth-order valence-electron chi connectivity index (χ4n) is 1.78. The summed E-state index contributed by atoms with van der Waals surface area (Å²) in [4.78, 5) is 0. The first-order chi connectivity index (χ1) is 7.99. The minimum absolute atomic E-state index is 0. The average molecular weight is 331 g/mol. The first kappa shape index (κ1) is 16.2. The van der Waals surface area contributed by atoms with Crippen LogP contribution in [0, 0.1) is 6.92 Å². The lowest BCUT2D eigenvalue weighted by Crippen LogP contribution is -2.36. The number of sulfonamides is 1. The molecule has 1 aromatic rings. The molecule has 1 unspecified atom stereocenters. The minimum Gasteiger partial charge on any atom is -0.313 e. The summed E-state index contributed by atoms with van der Waals surface area (Å²) < 4.78 is 27.4. The van der Waals surface area contributed by atoms with Crippen molar-refractivity contribution in [1.29, 1.82) is 0 Å². The lowest BCUT2D eigenvalue weighted by atomic mass is 10.2. The van der Waals surface area contributed by atoms with Crippen molar-refractivity contribution in [1.82, 2.24) is 10.0 Å². The van der Waals surface area contributed by atoms with E-state index in [1.807, 2.05) is 0 Å². The predicted octanol–water partition coefficient (Wildman–Crippen LogP) is 2.16. The minimum atomic E-state index is -3.41. The van der Waals surface area contributed by atoms with Crippen LogP contribution in [0.4, 0.5) is 0 Å². The SMILES string of the molecule is Cc1cc(S(=O)(=O)NCC2CCCN2)sc1Cl.Cl. The Bertz CT molecular complexity index is 476. The zero-order chi connectivity index (χ0) is 12.5. The van der Waals surface area contributed by atoms with Gasteiger partial charge in [0.25, 0.3) is 0 Å². The maximum absolute atomic E-state index is 12.0. The summed E-state index contributed by atoms with van der Waals surface area (Å²) in [6.45, 7) is 3.21. The highest BCUT2D eigenvalue weighted by molar-refractivity contribution is 7.91. The van der Waals surface area contributed by atoms with Gasteiger partial charge in [0.1, 0.15) is 4.21 Å². The fraction of sp³-hybridized carbons (Fsp3) is 0.600. The molecule has 0 spiro atoms. The van der Waals surface area contributed by atoms with Crippen molar-refractivity contribution in [2.24, 2.45) is 0 Å². The van der Waals surface area contributed by atoms with Crippen molar-refractivity contribution < 1.29 is 8.42 Å². The molecule has 0 aromatic carbocycles. The molecule has 8 heteroatoms. The number of halogens is 2. The fourth-order valence-corrected chi connectivity index (χ4v) is 4.61. The van der Waals surface area contributed by atoms with Gasteiger partial charge in [0.2, 0.25) is 10.0 Å². The van der Waals surface area contributed by atoms with Gasteiger partial charge in [-0.3, -0.25) is 0 Å². The second-order valence-electron chi connectivity index (χ2n) is 4.17. The molecule has 0 saturated carbocycles. The van der Waals surface area contributed by atoms with E-state index in [1.54, 1.807) is 13.0 Å². The molecule has 0 aliphatic carbocycles. The van der Waals surface area contributed by atoms with Crippen molar-refractivity contribution in [3.05, 3.63) is 16.0 Å². The molecule has 0 radical (unpaired) electrons. The number of nitrogens with one attached hydrogen (secondary N) is 2. The molecule has 0 amide bonds. The van der Waals surface area contributed by atoms with Crippen LogP contribution in [0.25, 0.3) is 0 Å². The smallest absolute Gasteiger partial charge is 0.250 e. The normalized spacial score (nSPS) is 19.8. The van der Waals surface area contributed by atoms with E-state index in [4.69, 9.17) is 11.6 Å². The summed E-state index contributed by atoms with van der Waals surface area (Å²) in [5.41, 5.74) is 0.802. The summed E-state index contributed by atoms with van der Waals surface area (Å²) in [5, 5.41) is 3.25. The zero-order valence-electron chi connectivity index (χ0n) is 9.90. The van der Waals surface area contributed by atoms with E-state index < -0.39 is 10.0 Å². The lowest BCUT2D eigenvalue weighted by molar-refractivity contribution is 0.553. The molecule has 1 saturated heterocycles. The van der Waals surface area contributed by atoms with Gasteiger partial charge >= 0.3 is 0 Å². The molecular weight excluding hydrogens is 315 g/mol. The first-order valence-electron chi connectivity index (χ1n) is 5.48. The number of hydrogen-bond donors (Lipinski definition) is 2. The Morgan fingerprint density at radius 2 is 2.33 bits per heavy atom. The van der Waals surface area contributed by atoms with E-state index in [0.717, 1.165) is 36.3 Å². The molecule has 1 atom stereocenters. The monoisotopic (exact) mass is 330 g/mol. The summed E-state index contributed by atoms with van der Waals surface area (Å²) in [6.07, 6.45) is 2.13. The molecule has 1 fully saturated rings. The van der Waals surface area contributed by atoms with Gasteiger partial charge < -0.3 is 5.32 Å². The van der Waals surface area contributed by atoms with E-state index in [1.165, 1.54) is 0 Å². The first-order valence-corrected chi connectivity index (χ1v) is 8.16. The van der Waals surface area contributed by atoms with Crippen LogP contribution in [0.5, 0.6) is 0 Å². The average Bonchev–Trinajstić information content (AvgIpc) is 2.87. The van der Waals surface area contributed by atoms with Crippen LogP contribution in [0.15, 0.2) is 10.3 Å². The molecule has 0 bridgehead atoms. The van der Waals surface area contributed by atoms with Gasteiger partial charge in [0.15, 0.2) is 0 Å². The molecular formula is C10H16Cl2N2O2S2. The molecule has 1 aliphatic heterocycles. The molecule has 104 valence electrons. The summed E-state index contributed by atoms with van der Waals surface area (Å²) >= 11 is 6.98. The highest BCUT2D eigenvalue weighted by Crippen LogP contribution is 2.29. The second kappa shape index (κ2) is 6.54. The van der Waals surface area contributed by atoms with Crippen LogP contribution < -0.4 is 10.0 Å². The summed E-state index contributed by atoms with van der Waals surface area (Å²) in [5.74, 6) is 0. The van der Waals surface area contributed by atoms with Crippen LogP contribution in [-0.4, -0.2) is 27.5 Å². The number of thiophene rings is 1. The van der Waals surface area contributed by atoms with Gasteiger partial charge in [-0.2, -0.15) is 0 Å². The van der Waals surface area contributed by atoms with Crippen molar-refractivity contribution in [3.63, 3.8) is 0 Å². The van der Waals surface area contributed by atoms with Gasteiger partial charge in [0.05, 0.1) is 4.34 Å². The Kier molecular flexibility index (Phi) is 5.89. The van der Waals surface area contributed by atoms with Gasteiger partial charge in [-0.15, -0.1) is 23.7 Å². The van der Waals surface area contributed by atoms with Crippen LogP contribution in [0.3, 0.4) is 0 Å². The van der Waals surface area contributed by atoms with E-state index in [9.17, 15) is 8.42 Å². The summed E-state index contributed by atoms with van der Waals surface area (Å²) in [7, 11) is -3.41. The molecule has 2 heterocycles. The Morgan fingerprint density at radius 3 is 2.83 bits per heavy atom. The number of aryl methyl sites for hydroxylation is 1. The molecule has 18 heavy (non-hydrogen) atoms. The Balaban J connectivity index is 0.00000162. The highest BCUT2D eigenvalue weighted by atomic mass is 35.5. The third kappa shape index (κ3) is 3.82. The van der Waals surface area contributed by atoms with Crippen LogP contribution >= 0.6 is 35.3 Å². The molecule has 1 aliphatic rings. The zero-order valence-corrected chi connectivity index (χ0v) is 13.1. The largest absolute Gasteiger partial charge is 0.313 e. The van der Waals surface area contributed by atoms with Crippen molar-refractivity contribution in [2.75, 3.05) is 13.1 Å². The van der Waals surface area contributed by atoms with Crippen molar-refractivity contribution in [2.45, 2.75) is 30.0 Å². The van der Waals surface area contributed by atoms with Crippen LogP contribution in [0.2, 0.25) is 4.34 Å². The maximum atomic E-state index is 12.0. The van der Waals surface area contributed by atoms with Crippen molar-refractivity contribution in [3.8, 4) is 0 Å². The third-order valence-electron chi connectivity index (χ3n) is 2.78. The molecule has 2 rings (SSSR count). The van der Waals surface area contributed by atoms with Crippen LogP contribution in [-0.2, 0) is 10.0 Å². The summed E-state index contributed by atoms with van der Waals surface area (Å²) in [6, 6.07) is 1.86. The van der Waals surface area contributed by atoms with Gasteiger partial charge in [-0.1, -0.05) is 11.6 Å². The third-order valence-corrected chi connectivity index (χ3v) is 6.23. The standard InChI is InChI=1S/C10H15ClN2O2S2.ClH/c1-7-5-9(16-10(7)11)17(14,15)13-6-8-3-2-4-12-8;/h5,8,12-13H,2-4,6H2,1H3;1H. The van der Waals surface area contributed by atoms with E-state index in [0.29, 0.717) is 10.9 Å². The second-order valence-corrected chi connectivity index (χ2v) is 7.82. The lowest BCUT2D eigenvalue weighted by Gasteiger charge is -2.10. The van der Waals surface area contributed by atoms with Crippen molar-refractivity contribution >= 4 is 45.4 Å². The van der Waals surface area contributed by atoms with E-state index in [-0.39, 0.29) is 22.7 Å². The Labute approximate surface area is 123 Å². The van der Waals surface area contributed by atoms with Crippen LogP contribution in [0.1, 0.15) is 18.4 Å². The number of rotatable bonds is 4. The van der Waals surface area contributed by atoms with Gasteiger partial charge in [0, 0.05) is 12.6 Å². The Hall–Kier alpha value is 0.150. The Morgan fingerprint density at radius 1 is 1.61 bits per heavy atom. The van der Waals surface area contributed by atoms with E-state index in [2.05, 4.69) is 10.0 Å². The maximum Gasteiger partial charge on any atom is 0.250 e. The number of hydrogen-bond acceptors (Lipinski definition) is 4.